The maximum absolute atomic E-state index is 12.5. The van der Waals surface area contributed by atoms with Crippen LogP contribution in [0, 0.1) is 10.1 Å². The molecule has 0 unspecified atom stereocenters. The summed E-state index contributed by atoms with van der Waals surface area (Å²) >= 11 is 0.844. The first-order valence-corrected chi connectivity index (χ1v) is 8.42. The van der Waals surface area contributed by atoms with Crippen LogP contribution in [0.15, 0.2) is 53.4 Å². The van der Waals surface area contributed by atoms with Crippen molar-refractivity contribution in [2.45, 2.75) is 6.54 Å². The maximum Gasteiger partial charge on any atom is 0.293 e. The first-order valence-electron chi connectivity index (χ1n) is 7.60. The Morgan fingerprint density at radius 2 is 1.96 bits per heavy atom. The van der Waals surface area contributed by atoms with Gasteiger partial charge in [-0.1, -0.05) is 24.3 Å². The number of hydrogen-bond acceptors (Lipinski definition) is 6. The van der Waals surface area contributed by atoms with Gasteiger partial charge in [0.1, 0.15) is 5.75 Å². The molecule has 2 aromatic carbocycles. The van der Waals surface area contributed by atoms with E-state index in [9.17, 15) is 19.7 Å². The van der Waals surface area contributed by atoms with E-state index in [1.165, 1.54) is 18.2 Å². The number of amides is 2. The van der Waals surface area contributed by atoms with E-state index in [0.29, 0.717) is 16.2 Å². The zero-order valence-electron chi connectivity index (χ0n) is 13.7. The number of hydrogen-bond donors (Lipinski definition) is 0. The zero-order chi connectivity index (χ0) is 18.7. The van der Waals surface area contributed by atoms with Gasteiger partial charge in [-0.3, -0.25) is 24.6 Å². The lowest BCUT2D eigenvalue weighted by Crippen LogP contribution is -2.27. The fourth-order valence-electron chi connectivity index (χ4n) is 2.47. The summed E-state index contributed by atoms with van der Waals surface area (Å²) in [7, 11) is 1.55. The lowest BCUT2D eigenvalue weighted by molar-refractivity contribution is -0.384. The minimum Gasteiger partial charge on any atom is -0.497 e. The predicted octanol–water partition coefficient (Wildman–Crippen LogP) is 3.84. The van der Waals surface area contributed by atoms with E-state index in [1.54, 1.807) is 43.5 Å². The summed E-state index contributed by atoms with van der Waals surface area (Å²) in [6.07, 6.45) is 1.63. The number of non-ortho nitro benzene ring substituents is 1. The molecule has 0 spiro atoms. The number of nitro benzene ring substituents is 1. The number of nitro groups is 1. The molecule has 2 aromatic rings. The molecule has 8 heteroatoms. The first-order chi connectivity index (χ1) is 12.5. The van der Waals surface area contributed by atoms with Crippen molar-refractivity contribution in [2.75, 3.05) is 7.11 Å². The molecule has 132 valence electrons. The molecular formula is C18H14N2O5S. The van der Waals surface area contributed by atoms with Gasteiger partial charge in [-0.25, -0.2) is 0 Å². The van der Waals surface area contributed by atoms with E-state index in [0.717, 1.165) is 22.2 Å². The molecule has 0 aromatic heterocycles. The Morgan fingerprint density at radius 1 is 1.19 bits per heavy atom. The van der Waals surface area contributed by atoms with E-state index in [1.807, 2.05) is 0 Å². The predicted molar refractivity (Wildman–Crippen MR) is 97.6 cm³/mol. The number of benzene rings is 2. The van der Waals surface area contributed by atoms with Crippen LogP contribution in [0.3, 0.4) is 0 Å². The van der Waals surface area contributed by atoms with E-state index in [4.69, 9.17) is 4.74 Å². The van der Waals surface area contributed by atoms with Crippen molar-refractivity contribution < 1.29 is 19.2 Å². The molecule has 1 aliphatic heterocycles. The largest absolute Gasteiger partial charge is 0.497 e. The standard InChI is InChI=1S/C18H14N2O5S/c1-25-15-7-3-4-12(9-15)10-16-17(21)19(18(22)26-16)11-13-5-2-6-14(8-13)20(23)24/h2-10H,11H2,1H3. The third kappa shape index (κ3) is 3.75. The molecule has 7 nitrogen and oxygen atoms in total. The number of methoxy groups -OCH3 is 1. The van der Waals surface area contributed by atoms with Gasteiger partial charge in [0.25, 0.3) is 16.8 Å². The SMILES string of the molecule is COc1cccc(C=C2SC(=O)N(Cc3cccc([N+](=O)[O-])c3)C2=O)c1. The lowest BCUT2D eigenvalue weighted by atomic mass is 10.2. The maximum atomic E-state index is 12.5. The van der Waals surface area contributed by atoms with E-state index >= 15 is 0 Å². The Morgan fingerprint density at radius 3 is 2.69 bits per heavy atom. The number of carbonyl (C=O) groups excluding carboxylic acids is 2. The molecule has 26 heavy (non-hydrogen) atoms. The van der Waals surface area contributed by atoms with Crippen molar-refractivity contribution in [3.63, 3.8) is 0 Å². The number of ether oxygens (including phenoxy) is 1. The smallest absolute Gasteiger partial charge is 0.293 e. The summed E-state index contributed by atoms with van der Waals surface area (Å²) in [6.45, 7) is -0.0121. The van der Waals surface area contributed by atoms with Gasteiger partial charge in [0.15, 0.2) is 0 Å². The van der Waals surface area contributed by atoms with Crippen molar-refractivity contribution in [1.29, 1.82) is 0 Å². The molecule has 3 rings (SSSR count). The van der Waals surface area contributed by atoms with Crippen LogP contribution in [0.5, 0.6) is 5.75 Å². The van der Waals surface area contributed by atoms with E-state index < -0.39 is 16.1 Å². The number of carbonyl (C=O) groups is 2. The van der Waals surface area contributed by atoms with Crippen LogP contribution in [-0.2, 0) is 11.3 Å². The molecule has 1 fully saturated rings. The fraction of sp³-hybridized carbons (Fsp3) is 0.111. The highest BCUT2D eigenvalue weighted by molar-refractivity contribution is 8.18. The number of nitrogens with zero attached hydrogens (tertiary/aromatic N) is 2. The molecule has 0 aliphatic carbocycles. The van der Waals surface area contributed by atoms with Gasteiger partial charge in [-0.2, -0.15) is 0 Å². The summed E-state index contributed by atoms with van der Waals surface area (Å²) in [5, 5.41) is 10.5. The Hall–Kier alpha value is -3.13. The third-order valence-corrected chi connectivity index (χ3v) is 4.63. The summed E-state index contributed by atoms with van der Waals surface area (Å²) in [5.74, 6) is 0.226. The molecule has 0 N–H and O–H groups in total. The van der Waals surface area contributed by atoms with Gasteiger partial charge in [0.05, 0.1) is 23.5 Å². The second-order valence-electron chi connectivity index (χ2n) is 5.47. The van der Waals surface area contributed by atoms with Crippen molar-refractivity contribution >= 4 is 34.7 Å². The van der Waals surface area contributed by atoms with Crippen LogP contribution in [0.2, 0.25) is 0 Å². The highest BCUT2D eigenvalue weighted by Gasteiger charge is 2.35. The normalized spacial score (nSPS) is 15.6. The average Bonchev–Trinajstić information content (AvgIpc) is 2.89. The number of imide groups is 1. The lowest BCUT2D eigenvalue weighted by Gasteiger charge is -2.12. The van der Waals surface area contributed by atoms with E-state index in [2.05, 4.69) is 0 Å². The Kier molecular flexibility index (Phi) is 5.04. The van der Waals surface area contributed by atoms with Crippen molar-refractivity contribution in [3.8, 4) is 5.75 Å². The summed E-state index contributed by atoms with van der Waals surface area (Å²) in [6, 6.07) is 13.0. The quantitative estimate of drug-likeness (QED) is 0.451. The highest BCUT2D eigenvalue weighted by atomic mass is 32.2. The molecule has 0 radical (unpaired) electrons. The zero-order valence-corrected chi connectivity index (χ0v) is 14.6. The van der Waals surface area contributed by atoms with Crippen LogP contribution in [0.1, 0.15) is 11.1 Å². The minimum atomic E-state index is -0.514. The molecule has 1 saturated heterocycles. The monoisotopic (exact) mass is 370 g/mol. The van der Waals surface area contributed by atoms with Gasteiger partial charge in [0.2, 0.25) is 0 Å². The first kappa shape index (κ1) is 17.7. The van der Waals surface area contributed by atoms with Crippen molar-refractivity contribution in [1.82, 2.24) is 4.90 Å². The van der Waals surface area contributed by atoms with E-state index in [-0.39, 0.29) is 12.2 Å². The second kappa shape index (κ2) is 7.40. The summed E-state index contributed by atoms with van der Waals surface area (Å²) in [4.78, 5) is 36.5. The molecule has 1 aliphatic rings. The third-order valence-electron chi connectivity index (χ3n) is 3.73. The summed E-state index contributed by atoms with van der Waals surface area (Å²) < 4.78 is 5.14. The van der Waals surface area contributed by atoms with Crippen LogP contribution in [0.25, 0.3) is 6.08 Å². The molecule has 0 atom stereocenters. The van der Waals surface area contributed by atoms with Crippen LogP contribution in [0.4, 0.5) is 10.5 Å². The van der Waals surface area contributed by atoms with Gasteiger partial charge < -0.3 is 4.74 Å². The number of thioether (sulfide) groups is 1. The average molecular weight is 370 g/mol. The summed E-state index contributed by atoms with van der Waals surface area (Å²) in [5.41, 5.74) is 1.18. The van der Waals surface area contributed by atoms with Crippen molar-refractivity contribution in [3.05, 3.63) is 74.7 Å². The van der Waals surface area contributed by atoms with Crippen LogP contribution in [-0.4, -0.2) is 28.1 Å². The number of rotatable bonds is 5. The Balaban J connectivity index is 1.81. The fourth-order valence-corrected chi connectivity index (χ4v) is 3.31. The molecule has 0 bridgehead atoms. The van der Waals surface area contributed by atoms with Crippen molar-refractivity contribution in [2.24, 2.45) is 0 Å². The molecule has 1 heterocycles. The highest BCUT2D eigenvalue weighted by Crippen LogP contribution is 2.34. The van der Waals surface area contributed by atoms with Gasteiger partial charge in [-0.05, 0) is 41.1 Å². The van der Waals surface area contributed by atoms with Gasteiger partial charge >= 0.3 is 0 Å². The molecular weight excluding hydrogens is 356 g/mol. The second-order valence-corrected chi connectivity index (χ2v) is 6.46. The van der Waals surface area contributed by atoms with Gasteiger partial charge in [-0.15, -0.1) is 0 Å². The topological polar surface area (TPSA) is 89.8 Å². The van der Waals surface area contributed by atoms with Crippen LogP contribution < -0.4 is 4.74 Å². The Bertz CT molecular complexity index is 925. The van der Waals surface area contributed by atoms with Crippen LogP contribution >= 0.6 is 11.8 Å². The van der Waals surface area contributed by atoms with Gasteiger partial charge in [0, 0.05) is 12.1 Å². The minimum absolute atomic E-state index is 0.0121. The Labute approximate surface area is 153 Å². The molecule has 2 amide bonds. The molecule has 0 saturated carbocycles.